The third kappa shape index (κ3) is 6.09. The molecule has 0 fully saturated rings. The van der Waals surface area contributed by atoms with Crippen LogP contribution in [0.3, 0.4) is 0 Å². The summed E-state index contributed by atoms with van der Waals surface area (Å²) in [5.74, 6) is 0.123. The third-order valence-corrected chi connectivity index (χ3v) is 6.58. The van der Waals surface area contributed by atoms with Crippen LogP contribution in [0.15, 0.2) is 65.6 Å². The van der Waals surface area contributed by atoms with Crippen molar-refractivity contribution < 1.29 is 13.2 Å². The summed E-state index contributed by atoms with van der Waals surface area (Å²) in [6.45, 7) is 4.59. The number of unbranched alkanes of at least 4 members (excludes halogenated alkanes) is 1. The largest absolute Gasteiger partial charge is 0.354 e. The van der Waals surface area contributed by atoms with Crippen molar-refractivity contribution in [2.45, 2.75) is 44.4 Å². The molecule has 1 atom stereocenters. The van der Waals surface area contributed by atoms with Crippen LogP contribution in [0, 0.1) is 5.92 Å². The van der Waals surface area contributed by atoms with Crippen LogP contribution in [-0.4, -0.2) is 27.4 Å². The molecular weight excluding hydrogens is 372 g/mol. The highest BCUT2D eigenvalue weighted by atomic mass is 32.2. The van der Waals surface area contributed by atoms with Crippen LogP contribution >= 0.6 is 0 Å². The molecule has 0 radical (unpaired) electrons. The Hall–Kier alpha value is -2.34. The molecule has 5 nitrogen and oxygen atoms in total. The van der Waals surface area contributed by atoms with Gasteiger partial charge in [-0.1, -0.05) is 69.5 Å². The molecule has 0 bridgehead atoms. The average Bonchev–Trinajstić information content (AvgIpc) is 2.73. The van der Waals surface area contributed by atoms with Crippen LogP contribution in [-0.2, 0) is 14.8 Å². The molecule has 0 aliphatic heterocycles. The Kier molecular flexibility index (Phi) is 8.51. The molecule has 0 unspecified atom stereocenters. The molecule has 0 saturated heterocycles. The molecule has 152 valence electrons. The number of anilines is 1. The molecule has 1 amide bonds. The molecule has 0 spiro atoms. The first-order valence-electron chi connectivity index (χ1n) is 9.88. The second-order valence-electron chi connectivity index (χ2n) is 6.88. The molecule has 2 rings (SSSR count). The van der Waals surface area contributed by atoms with E-state index < -0.39 is 10.0 Å². The predicted octanol–water partition coefficient (Wildman–Crippen LogP) is 4.21. The Morgan fingerprint density at radius 1 is 1.00 bits per heavy atom. The molecule has 2 aromatic rings. The zero-order valence-corrected chi connectivity index (χ0v) is 17.5. The Morgan fingerprint density at radius 3 is 2.18 bits per heavy atom. The van der Waals surface area contributed by atoms with Crippen molar-refractivity contribution in [2.75, 3.05) is 17.4 Å². The first-order valence-corrected chi connectivity index (χ1v) is 11.3. The summed E-state index contributed by atoms with van der Waals surface area (Å²) in [6.07, 6.45) is 4.32. The first-order chi connectivity index (χ1) is 13.5. The van der Waals surface area contributed by atoms with Gasteiger partial charge in [0.15, 0.2) is 0 Å². The second-order valence-corrected chi connectivity index (χ2v) is 8.74. The molecule has 2 aromatic carbocycles. The highest BCUT2D eigenvalue weighted by Crippen LogP contribution is 2.23. The molecular formula is C22H30N2O3S. The SMILES string of the molecule is CCCC[C@@H](CC)CNC(=O)CN(c1ccccc1)S(=O)(=O)c1ccccc1. The lowest BCUT2D eigenvalue weighted by Crippen LogP contribution is -2.42. The second kappa shape index (κ2) is 10.9. The van der Waals surface area contributed by atoms with Crippen molar-refractivity contribution in [3.63, 3.8) is 0 Å². The Balaban J connectivity index is 2.16. The summed E-state index contributed by atoms with van der Waals surface area (Å²) in [4.78, 5) is 12.7. The lowest BCUT2D eigenvalue weighted by atomic mass is 9.99. The van der Waals surface area contributed by atoms with E-state index in [1.165, 1.54) is 4.31 Å². The van der Waals surface area contributed by atoms with E-state index in [0.717, 1.165) is 25.7 Å². The van der Waals surface area contributed by atoms with E-state index in [9.17, 15) is 13.2 Å². The molecule has 0 heterocycles. The smallest absolute Gasteiger partial charge is 0.264 e. The number of para-hydroxylation sites is 1. The lowest BCUT2D eigenvalue weighted by molar-refractivity contribution is -0.119. The van der Waals surface area contributed by atoms with Gasteiger partial charge < -0.3 is 5.32 Å². The van der Waals surface area contributed by atoms with Crippen molar-refractivity contribution in [2.24, 2.45) is 5.92 Å². The van der Waals surface area contributed by atoms with Crippen molar-refractivity contribution in [1.82, 2.24) is 5.32 Å². The van der Waals surface area contributed by atoms with Crippen LogP contribution in [0.5, 0.6) is 0 Å². The third-order valence-electron chi connectivity index (χ3n) is 4.79. The van der Waals surface area contributed by atoms with E-state index in [4.69, 9.17) is 0 Å². The fourth-order valence-electron chi connectivity index (χ4n) is 3.02. The number of nitrogens with one attached hydrogen (secondary N) is 1. The monoisotopic (exact) mass is 402 g/mol. The molecule has 0 aliphatic carbocycles. The Morgan fingerprint density at radius 2 is 1.61 bits per heavy atom. The Bertz CT molecular complexity index is 823. The van der Waals surface area contributed by atoms with Crippen LogP contribution in [0.25, 0.3) is 0 Å². The standard InChI is InChI=1S/C22H30N2O3S/c1-3-5-12-19(4-2)17-23-22(25)18-24(20-13-8-6-9-14-20)28(26,27)21-15-10-7-11-16-21/h6-11,13-16,19H,3-5,12,17-18H2,1-2H3,(H,23,25)/t19-/m1/s1. The zero-order chi connectivity index (χ0) is 20.4. The van der Waals surface area contributed by atoms with Crippen LogP contribution < -0.4 is 9.62 Å². The van der Waals surface area contributed by atoms with E-state index in [2.05, 4.69) is 19.2 Å². The van der Waals surface area contributed by atoms with Gasteiger partial charge in [-0.05, 0) is 36.6 Å². The number of carbonyl (C=O) groups excluding carboxylic acids is 1. The van der Waals surface area contributed by atoms with Crippen LogP contribution in [0.2, 0.25) is 0 Å². The molecule has 1 N–H and O–H groups in total. The molecule has 0 saturated carbocycles. The maximum atomic E-state index is 13.1. The summed E-state index contributed by atoms with van der Waals surface area (Å²) < 4.78 is 27.5. The summed E-state index contributed by atoms with van der Waals surface area (Å²) in [5.41, 5.74) is 0.472. The number of nitrogens with zero attached hydrogens (tertiary/aromatic N) is 1. The molecule has 6 heteroatoms. The number of sulfonamides is 1. The Labute approximate surface area is 168 Å². The quantitative estimate of drug-likeness (QED) is 0.612. The summed E-state index contributed by atoms with van der Waals surface area (Å²) in [5, 5.41) is 2.92. The van der Waals surface area contributed by atoms with Gasteiger partial charge in [-0.3, -0.25) is 9.10 Å². The van der Waals surface area contributed by atoms with E-state index in [1.54, 1.807) is 54.6 Å². The molecule has 0 aromatic heterocycles. The van der Waals surface area contributed by atoms with Crippen LogP contribution in [0.1, 0.15) is 39.5 Å². The van der Waals surface area contributed by atoms with Gasteiger partial charge in [-0.25, -0.2) is 8.42 Å². The van der Waals surface area contributed by atoms with Gasteiger partial charge >= 0.3 is 0 Å². The fourth-order valence-corrected chi connectivity index (χ4v) is 4.46. The summed E-state index contributed by atoms with van der Waals surface area (Å²) in [6, 6.07) is 16.9. The number of rotatable bonds is 11. The summed E-state index contributed by atoms with van der Waals surface area (Å²) >= 11 is 0. The number of hydrogen-bond acceptors (Lipinski definition) is 3. The normalized spacial score (nSPS) is 12.4. The average molecular weight is 403 g/mol. The van der Waals surface area contributed by atoms with Gasteiger partial charge in [0, 0.05) is 6.54 Å². The minimum absolute atomic E-state index is 0.168. The predicted molar refractivity (Wildman–Crippen MR) is 114 cm³/mol. The van der Waals surface area contributed by atoms with E-state index in [1.807, 2.05) is 6.07 Å². The van der Waals surface area contributed by atoms with Crippen LogP contribution in [0.4, 0.5) is 5.69 Å². The first kappa shape index (κ1) is 22.0. The fraction of sp³-hybridized carbons (Fsp3) is 0.409. The number of carbonyl (C=O) groups is 1. The van der Waals surface area contributed by atoms with Crippen molar-refractivity contribution in [1.29, 1.82) is 0 Å². The van der Waals surface area contributed by atoms with Crippen molar-refractivity contribution in [3.8, 4) is 0 Å². The van der Waals surface area contributed by atoms with Gasteiger partial charge in [0.2, 0.25) is 5.91 Å². The number of benzene rings is 2. The zero-order valence-electron chi connectivity index (χ0n) is 16.7. The van der Waals surface area contributed by atoms with Gasteiger partial charge in [0.25, 0.3) is 10.0 Å². The van der Waals surface area contributed by atoms with Crippen molar-refractivity contribution in [3.05, 3.63) is 60.7 Å². The van der Waals surface area contributed by atoms with E-state index in [0.29, 0.717) is 18.2 Å². The minimum atomic E-state index is -3.83. The van der Waals surface area contributed by atoms with Gasteiger partial charge in [-0.15, -0.1) is 0 Å². The van der Waals surface area contributed by atoms with E-state index >= 15 is 0 Å². The highest BCUT2D eigenvalue weighted by Gasteiger charge is 2.27. The molecule has 28 heavy (non-hydrogen) atoms. The minimum Gasteiger partial charge on any atom is -0.354 e. The molecule has 0 aliphatic rings. The number of amides is 1. The van der Waals surface area contributed by atoms with Crippen molar-refractivity contribution >= 4 is 21.6 Å². The highest BCUT2D eigenvalue weighted by molar-refractivity contribution is 7.92. The van der Waals surface area contributed by atoms with Gasteiger partial charge in [0.05, 0.1) is 10.6 Å². The lowest BCUT2D eigenvalue weighted by Gasteiger charge is -2.24. The maximum absolute atomic E-state index is 13.1. The topological polar surface area (TPSA) is 66.5 Å². The van der Waals surface area contributed by atoms with Gasteiger partial charge in [0.1, 0.15) is 6.54 Å². The number of hydrogen-bond donors (Lipinski definition) is 1. The maximum Gasteiger partial charge on any atom is 0.264 e. The van der Waals surface area contributed by atoms with E-state index in [-0.39, 0.29) is 17.3 Å². The summed E-state index contributed by atoms with van der Waals surface area (Å²) in [7, 11) is -3.83. The van der Waals surface area contributed by atoms with Gasteiger partial charge in [-0.2, -0.15) is 0 Å².